The fourth-order valence-electron chi connectivity index (χ4n) is 5.56. The normalized spacial score (nSPS) is 18.3. The Hall–Kier alpha value is -4.59. The molecule has 4 heterocycles. The highest BCUT2D eigenvalue weighted by atomic mass is 16.5. The van der Waals surface area contributed by atoms with Crippen molar-refractivity contribution in [2.45, 2.75) is 19.4 Å². The van der Waals surface area contributed by atoms with Crippen molar-refractivity contribution in [3.05, 3.63) is 66.1 Å². The Morgan fingerprint density at radius 2 is 1.81 bits per heavy atom. The molecule has 0 radical (unpaired) electrons. The van der Waals surface area contributed by atoms with E-state index in [4.69, 9.17) is 0 Å². The second kappa shape index (κ2) is 12.1. The third-order valence-corrected chi connectivity index (χ3v) is 7.82. The van der Waals surface area contributed by atoms with E-state index < -0.39 is 0 Å². The molecule has 2 amide bonds. The Morgan fingerprint density at radius 1 is 1.05 bits per heavy atom. The van der Waals surface area contributed by atoms with Gasteiger partial charge in [-0.25, -0.2) is 15.4 Å². The molecule has 4 N–H and O–H groups in total. The van der Waals surface area contributed by atoms with Crippen molar-refractivity contribution in [2.75, 3.05) is 61.5 Å². The number of aromatic nitrogens is 4. The number of fused-ring (bicyclic) bond motifs is 1. The first kappa shape index (κ1) is 27.6. The largest absolute Gasteiger partial charge is 0.608 e. The second-order valence-corrected chi connectivity index (χ2v) is 10.7. The smallest absolute Gasteiger partial charge is 0.236 e. The summed E-state index contributed by atoms with van der Waals surface area (Å²) in [7, 11) is 0. The van der Waals surface area contributed by atoms with Crippen LogP contribution in [0.3, 0.4) is 0 Å². The van der Waals surface area contributed by atoms with Crippen molar-refractivity contribution < 1.29 is 14.8 Å². The van der Waals surface area contributed by atoms with Crippen LogP contribution in [0.1, 0.15) is 13.3 Å². The van der Waals surface area contributed by atoms with Gasteiger partial charge in [-0.05, 0) is 48.5 Å². The van der Waals surface area contributed by atoms with Gasteiger partial charge in [0, 0.05) is 75.1 Å². The van der Waals surface area contributed by atoms with E-state index in [0.717, 1.165) is 35.2 Å². The number of carbonyl (C=O) groups excluding carboxylic acids is 2. The van der Waals surface area contributed by atoms with Crippen LogP contribution < -0.4 is 20.8 Å². The number of aromatic amines is 1. The van der Waals surface area contributed by atoms with Crippen molar-refractivity contribution in [3.63, 3.8) is 0 Å². The summed E-state index contributed by atoms with van der Waals surface area (Å²) in [5, 5.41) is 23.3. The van der Waals surface area contributed by atoms with Crippen LogP contribution in [0.2, 0.25) is 0 Å². The van der Waals surface area contributed by atoms with E-state index in [0.29, 0.717) is 56.5 Å². The molecule has 0 saturated carbocycles. The Bertz CT molecular complexity index is 1540. The number of H-pyrrole nitrogens is 1. The summed E-state index contributed by atoms with van der Waals surface area (Å²) in [5.74, 6) is 1.01. The van der Waals surface area contributed by atoms with Gasteiger partial charge in [0.05, 0.1) is 24.3 Å². The number of hydroxylamine groups is 1. The predicted molar refractivity (Wildman–Crippen MR) is 159 cm³/mol. The van der Waals surface area contributed by atoms with Gasteiger partial charge in [-0.15, -0.1) is 0 Å². The van der Waals surface area contributed by atoms with Crippen LogP contribution in [0.4, 0.5) is 17.2 Å². The predicted octanol–water partition coefficient (Wildman–Crippen LogP) is 1.11. The molecule has 0 aliphatic carbocycles. The van der Waals surface area contributed by atoms with Gasteiger partial charge in [0.1, 0.15) is 6.04 Å². The van der Waals surface area contributed by atoms with E-state index in [1.165, 1.54) is 6.92 Å². The van der Waals surface area contributed by atoms with Crippen LogP contribution in [-0.4, -0.2) is 93.6 Å². The van der Waals surface area contributed by atoms with Crippen molar-refractivity contribution in [3.8, 4) is 11.4 Å². The number of rotatable bonds is 8. The Balaban J connectivity index is 0.970. The second-order valence-electron chi connectivity index (χ2n) is 10.7. The van der Waals surface area contributed by atoms with Crippen LogP contribution in [0.5, 0.6) is 0 Å². The molecule has 1 unspecified atom stereocenters. The number of piperazine rings is 1. The number of benzene rings is 2. The van der Waals surface area contributed by atoms with Gasteiger partial charge in [0.25, 0.3) is 0 Å². The molecule has 6 rings (SSSR count). The lowest BCUT2D eigenvalue weighted by Crippen LogP contribution is -3.14. The minimum atomic E-state index is -0.218. The molecule has 4 aromatic rings. The molecule has 2 fully saturated rings. The zero-order chi connectivity index (χ0) is 29.1. The Kier molecular flexibility index (Phi) is 7.95. The fraction of sp³-hybridized carbons (Fsp3) is 0.345. The monoisotopic (exact) mass is 570 g/mol. The van der Waals surface area contributed by atoms with E-state index in [-0.39, 0.29) is 23.0 Å². The summed E-state index contributed by atoms with van der Waals surface area (Å²) >= 11 is 0. The lowest BCUT2D eigenvalue weighted by molar-refractivity contribution is -0.850. The molecule has 0 spiro atoms. The van der Waals surface area contributed by atoms with Crippen molar-refractivity contribution in [2.24, 2.45) is 0 Å². The first-order valence-corrected chi connectivity index (χ1v) is 14.1. The minimum absolute atomic E-state index is 0.0765. The molecule has 2 aromatic carbocycles. The maximum Gasteiger partial charge on any atom is 0.236 e. The van der Waals surface area contributed by atoms with Crippen LogP contribution >= 0.6 is 0 Å². The summed E-state index contributed by atoms with van der Waals surface area (Å²) < 4.78 is 0. The highest BCUT2D eigenvalue weighted by molar-refractivity contribution is 5.99. The molecular formula is C29H34N10O3. The van der Waals surface area contributed by atoms with Crippen LogP contribution in [-0.2, 0) is 9.59 Å². The van der Waals surface area contributed by atoms with Gasteiger partial charge in [0.2, 0.25) is 11.8 Å². The Labute approximate surface area is 243 Å². The van der Waals surface area contributed by atoms with Gasteiger partial charge in [-0.3, -0.25) is 24.8 Å². The summed E-state index contributed by atoms with van der Waals surface area (Å²) in [6.45, 7) is 5.84. The van der Waals surface area contributed by atoms with E-state index in [9.17, 15) is 14.8 Å². The minimum Gasteiger partial charge on any atom is -0.608 e. The van der Waals surface area contributed by atoms with E-state index in [1.807, 2.05) is 23.1 Å². The quantitative estimate of drug-likeness (QED) is 0.229. The van der Waals surface area contributed by atoms with Gasteiger partial charge in [-0.2, -0.15) is 5.10 Å². The molecule has 2 aliphatic heterocycles. The SMILES string of the molecule is CC(=O)Nc1n[nH]c2ccc(N[NH+]([O-])[C@@H]3CCN(CC(=O)N4CCN(c5ccc(-c6ncccn6)cc5)CC4)C3)cc12. The zero-order valence-corrected chi connectivity index (χ0v) is 23.4. The topological polar surface area (TPSA) is 150 Å². The van der Waals surface area contributed by atoms with Gasteiger partial charge >= 0.3 is 0 Å². The maximum absolute atomic E-state index is 13.1. The molecule has 2 aromatic heterocycles. The summed E-state index contributed by atoms with van der Waals surface area (Å²) in [6, 6.07) is 15.2. The first-order chi connectivity index (χ1) is 20.4. The van der Waals surface area contributed by atoms with Crippen LogP contribution in [0, 0.1) is 5.21 Å². The Morgan fingerprint density at radius 3 is 2.55 bits per heavy atom. The van der Waals surface area contributed by atoms with Gasteiger partial charge in [0.15, 0.2) is 11.6 Å². The summed E-state index contributed by atoms with van der Waals surface area (Å²) in [4.78, 5) is 39.4. The number of amides is 2. The number of quaternary nitrogens is 1. The molecule has 42 heavy (non-hydrogen) atoms. The number of nitrogens with zero attached hydrogens (tertiary/aromatic N) is 6. The van der Waals surface area contributed by atoms with Crippen molar-refractivity contribution in [1.82, 2.24) is 30.0 Å². The lowest BCUT2D eigenvalue weighted by atomic mass is 10.1. The number of hydrogen-bond acceptors (Lipinski definition) is 9. The number of anilines is 3. The van der Waals surface area contributed by atoms with Crippen molar-refractivity contribution >= 4 is 39.9 Å². The molecule has 2 aliphatic rings. The molecule has 13 heteroatoms. The average Bonchev–Trinajstić information content (AvgIpc) is 3.64. The molecule has 2 atom stereocenters. The molecule has 13 nitrogen and oxygen atoms in total. The van der Waals surface area contributed by atoms with Crippen molar-refractivity contribution in [1.29, 1.82) is 0 Å². The lowest BCUT2D eigenvalue weighted by Gasteiger charge is -2.37. The van der Waals surface area contributed by atoms with Gasteiger partial charge in [-0.1, -0.05) is 0 Å². The molecule has 0 bridgehead atoms. The number of hydrogen-bond donors (Lipinski definition) is 4. The molecule has 2 saturated heterocycles. The summed E-state index contributed by atoms with van der Waals surface area (Å²) in [5.41, 5.74) is 6.48. The first-order valence-electron chi connectivity index (χ1n) is 14.1. The number of nitrogens with one attached hydrogen (secondary N) is 4. The number of likely N-dealkylation sites (tertiary alicyclic amines) is 1. The zero-order valence-electron chi connectivity index (χ0n) is 23.4. The molecule has 218 valence electrons. The highest BCUT2D eigenvalue weighted by Crippen LogP contribution is 2.24. The third kappa shape index (κ3) is 6.17. The maximum atomic E-state index is 13.1. The average molecular weight is 571 g/mol. The highest BCUT2D eigenvalue weighted by Gasteiger charge is 2.31. The summed E-state index contributed by atoms with van der Waals surface area (Å²) in [6.07, 6.45) is 4.17. The van der Waals surface area contributed by atoms with E-state index >= 15 is 0 Å². The van der Waals surface area contributed by atoms with E-state index in [1.54, 1.807) is 30.6 Å². The van der Waals surface area contributed by atoms with Crippen LogP contribution in [0.15, 0.2) is 60.9 Å². The van der Waals surface area contributed by atoms with Gasteiger partial charge < -0.3 is 20.3 Å². The number of carbonyl (C=O) groups is 2. The molecular weight excluding hydrogens is 536 g/mol. The fourth-order valence-corrected chi connectivity index (χ4v) is 5.56. The van der Waals surface area contributed by atoms with Crippen LogP contribution in [0.25, 0.3) is 22.3 Å². The standard InChI is InChI=1S/C29H34N10O3/c1-20(40)32-29-25-17-22(5-8-26(25)33-34-29)35-39(42)24-9-12-36(18-24)19-27(41)38-15-13-37(14-16-38)23-6-3-21(4-7-23)28-30-10-2-11-31-28/h2-8,10-11,17,24,35,39H,9,12-16,18-19H2,1H3,(H2,32,33,34,40)/t24-/m1/s1. The van der Waals surface area contributed by atoms with E-state index in [2.05, 4.69) is 52.8 Å². The third-order valence-electron chi connectivity index (χ3n) is 7.82.